The number of rotatable bonds is 4. The SMILES string of the molecule is Cc1cc(=O)[nH]c(N/N=C\[C@H](C)c2ccccc2)n1. The van der Waals surface area contributed by atoms with E-state index >= 15 is 0 Å². The van der Waals surface area contributed by atoms with Crippen LogP contribution in [0.1, 0.15) is 24.1 Å². The van der Waals surface area contributed by atoms with Crippen LogP contribution in [0, 0.1) is 6.92 Å². The minimum absolute atomic E-state index is 0.185. The van der Waals surface area contributed by atoms with Crippen LogP contribution in [0.2, 0.25) is 0 Å². The van der Waals surface area contributed by atoms with E-state index in [1.807, 2.05) is 37.3 Å². The highest BCUT2D eigenvalue weighted by atomic mass is 16.1. The van der Waals surface area contributed by atoms with Gasteiger partial charge in [-0.15, -0.1) is 0 Å². The van der Waals surface area contributed by atoms with Crippen molar-refractivity contribution < 1.29 is 0 Å². The minimum Gasteiger partial charge on any atom is -0.291 e. The van der Waals surface area contributed by atoms with E-state index in [1.165, 1.54) is 11.6 Å². The largest absolute Gasteiger partial charge is 0.291 e. The Bertz CT molecular complexity index is 619. The molecule has 0 saturated carbocycles. The molecule has 0 aliphatic heterocycles. The van der Waals surface area contributed by atoms with E-state index < -0.39 is 0 Å². The summed E-state index contributed by atoms with van der Waals surface area (Å²) in [5.41, 5.74) is 4.37. The van der Waals surface area contributed by atoms with Crippen molar-refractivity contribution in [3.05, 3.63) is 58.0 Å². The number of aromatic nitrogens is 2. The number of benzene rings is 1. The summed E-state index contributed by atoms with van der Waals surface area (Å²) in [6, 6.07) is 11.5. The van der Waals surface area contributed by atoms with Gasteiger partial charge in [-0.05, 0) is 12.5 Å². The molecule has 98 valence electrons. The molecule has 0 unspecified atom stereocenters. The number of nitrogens with one attached hydrogen (secondary N) is 2. The molecular weight excluding hydrogens is 240 g/mol. The van der Waals surface area contributed by atoms with Gasteiger partial charge in [-0.2, -0.15) is 5.10 Å². The summed E-state index contributed by atoms with van der Waals surface area (Å²) in [7, 11) is 0. The average Bonchev–Trinajstić information content (AvgIpc) is 2.38. The zero-order chi connectivity index (χ0) is 13.7. The smallest absolute Gasteiger partial charge is 0.252 e. The summed E-state index contributed by atoms with van der Waals surface area (Å²) in [6.07, 6.45) is 1.78. The number of anilines is 1. The monoisotopic (exact) mass is 256 g/mol. The van der Waals surface area contributed by atoms with Crippen LogP contribution in [-0.2, 0) is 0 Å². The fourth-order valence-electron chi connectivity index (χ4n) is 1.68. The van der Waals surface area contributed by atoms with E-state index in [0.717, 1.165) is 0 Å². The number of aromatic amines is 1. The van der Waals surface area contributed by atoms with Crippen molar-refractivity contribution in [2.75, 3.05) is 5.43 Å². The summed E-state index contributed by atoms with van der Waals surface area (Å²) >= 11 is 0. The standard InChI is InChI=1S/C14H16N4O/c1-10(12-6-4-3-5-7-12)9-15-18-14-16-11(2)8-13(19)17-14/h3-10H,1-2H3,(H2,16,17,18,19)/b15-9-/t10-/m0/s1. The van der Waals surface area contributed by atoms with E-state index in [1.54, 1.807) is 13.1 Å². The van der Waals surface area contributed by atoms with E-state index in [9.17, 15) is 4.79 Å². The number of aryl methyl sites for hydroxylation is 1. The number of hydrazone groups is 1. The van der Waals surface area contributed by atoms with Crippen LogP contribution in [0.4, 0.5) is 5.95 Å². The Morgan fingerprint density at radius 2 is 2.11 bits per heavy atom. The van der Waals surface area contributed by atoms with Crippen molar-refractivity contribution in [2.24, 2.45) is 5.10 Å². The summed E-state index contributed by atoms with van der Waals surface area (Å²) < 4.78 is 0. The van der Waals surface area contributed by atoms with Crippen LogP contribution >= 0.6 is 0 Å². The van der Waals surface area contributed by atoms with Crippen LogP contribution in [0.5, 0.6) is 0 Å². The summed E-state index contributed by atoms with van der Waals surface area (Å²) in [6.45, 7) is 3.81. The average molecular weight is 256 g/mol. The van der Waals surface area contributed by atoms with Crippen LogP contribution in [0.3, 0.4) is 0 Å². The number of H-pyrrole nitrogens is 1. The molecule has 0 amide bonds. The van der Waals surface area contributed by atoms with Gasteiger partial charge in [0.15, 0.2) is 0 Å². The second kappa shape index (κ2) is 5.95. The normalized spacial score (nSPS) is 12.5. The topological polar surface area (TPSA) is 70.1 Å². The van der Waals surface area contributed by atoms with Crippen LogP contribution in [0.25, 0.3) is 0 Å². The van der Waals surface area contributed by atoms with Gasteiger partial charge >= 0.3 is 0 Å². The maximum absolute atomic E-state index is 11.2. The third-order valence-electron chi connectivity index (χ3n) is 2.66. The molecule has 1 aromatic heterocycles. The first-order valence-corrected chi connectivity index (χ1v) is 6.07. The number of hydrogen-bond donors (Lipinski definition) is 2. The van der Waals surface area contributed by atoms with Crippen molar-refractivity contribution in [3.8, 4) is 0 Å². The Kier molecular flexibility index (Phi) is 4.07. The Balaban J connectivity index is 2.02. The first kappa shape index (κ1) is 13.0. The Labute approximate surface area is 111 Å². The highest BCUT2D eigenvalue weighted by Crippen LogP contribution is 2.11. The van der Waals surface area contributed by atoms with Crippen LogP contribution < -0.4 is 11.0 Å². The maximum Gasteiger partial charge on any atom is 0.252 e. The molecular formula is C14H16N4O. The summed E-state index contributed by atoms with van der Waals surface area (Å²) in [5.74, 6) is 0.534. The first-order chi connectivity index (χ1) is 9.15. The molecule has 1 atom stereocenters. The van der Waals surface area contributed by atoms with Gasteiger partial charge in [-0.3, -0.25) is 9.78 Å². The van der Waals surface area contributed by atoms with Gasteiger partial charge in [0.05, 0.1) is 0 Å². The zero-order valence-corrected chi connectivity index (χ0v) is 10.9. The van der Waals surface area contributed by atoms with Gasteiger partial charge in [0.1, 0.15) is 0 Å². The van der Waals surface area contributed by atoms with E-state index in [4.69, 9.17) is 0 Å². The fourth-order valence-corrected chi connectivity index (χ4v) is 1.68. The molecule has 0 fully saturated rings. The lowest BCUT2D eigenvalue weighted by atomic mass is 10.0. The lowest BCUT2D eigenvalue weighted by Crippen LogP contribution is -2.10. The molecule has 5 heteroatoms. The van der Waals surface area contributed by atoms with E-state index in [0.29, 0.717) is 11.6 Å². The zero-order valence-electron chi connectivity index (χ0n) is 10.9. The molecule has 2 N–H and O–H groups in total. The van der Waals surface area contributed by atoms with Gasteiger partial charge < -0.3 is 0 Å². The molecule has 0 aliphatic carbocycles. The second-order valence-electron chi connectivity index (χ2n) is 4.32. The van der Waals surface area contributed by atoms with Gasteiger partial charge in [0.2, 0.25) is 5.95 Å². The summed E-state index contributed by atoms with van der Waals surface area (Å²) in [4.78, 5) is 17.9. The Hall–Kier alpha value is -2.43. The van der Waals surface area contributed by atoms with Gasteiger partial charge in [0.25, 0.3) is 5.56 Å². The van der Waals surface area contributed by atoms with Crippen molar-refractivity contribution >= 4 is 12.2 Å². The van der Waals surface area contributed by atoms with Gasteiger partial charge in [0, 0.05) is 23.9 Å². The molecule has 0 saturated heterocycles. The predicted molar refractivity (Wildman–Crippen MR) is 76.6 cm³/mol. The molecule has 1 aromatic carbocycles. The highest BCUT2D eigenvalue weighted by molar-refractivity contribution is 5.67. The molecule has 0 bridgehead atoms. The van der Waals surface area contributed by atoms with Gasteiger partial charge in [-0.25, -0.2) is 10.4 Å². The number of hydrogen-bond acceptors (Lipinski definition) is 4. The van der Waals surface area contributed by atoms with Crippen molar-refractivity contribution in [1.29, 1.82) is 0 Å². The van der Waals surface area contributed by atoms with Gasteiger partial charge in [-0.1, -0.05) is 37.3 Å². The molecule has 19 heavy (non-hydrogen) atoms. The molecule has 0 radical (unpaired) electrons. The van der Waals surface area contributed by atoms with E-state index in [-0.39, 0.29) is 11.5 Å². The molecule has 2 aromatic rings. The quantitative estimate of drug-likeness (QED) is 0.651. The molecule has 0 aliphatic rings. The first-order valence-electron chi connectivity index (χ1n) is 6.07. The third-order valence-corrected chi connectivity index (χ3v) is 2.66. The Morgan fingerprint density at radius 3 is 2.79 bits per heavy atom. The summed E-state index contributed by atoms with van der Waals surface area (Å²) in [5, 5.41) is 4.09. The fraction of sp³-hybridized carbons (Fsp3) is 0.214. The molecule has 5 nitrogen and oxygen atoms in total. The third kappa shape index (κ3) is 3.77. The molecule has 0 spiro atoms. The van der Waals surface area contributed by atoms with Crippen molar-refractivity contribution in [1.82, 2.24) is 9.97 Å². The van der Waals surface area contributed by atoms with E-state index in [2.05, 4.69) is 20.5 Å². The number of nitrogens with zero attached hydrogens (tertiary/aromatic N) is 2. The minimum atomic E-state index is -0.193. The van der Waals surface area contributed by atoms with Crippen molar-refractivity contribution in [3.63, 3.8) is 0 Å². The van der Waals surface area contributed by atoms with Crippen LogP contribution in [0.15, 0.2) is 46.3 Å². The molecule has 2 rings (SSSR count). The lowest BCUT2D eigenvalue weighted by Gasteiger charge is -2.05. The Morgan fingerprint density at radius 1 is 1.37 bits per heavy atom. The molecule has 1 heterocycles. The van der Waals surface area contributed by atoms with Crippen molar-refractivity contribution in [2.45, 2.75) is 19.8 Å². The van der Waals surface area contributed by atoms with Crippen LogP contribution in [-0.4, -0.2) is 16.2 Å². The second-order valence-corrected chi connectivity index (χ2v) is 4.32. The lowest BCUT2D eigenvalue weighted by molar-refractivity contribution is 1.01. The predicted octanol–water partition coefficient (Wildman–Crippen LogP) is 2.28. The highest BCUT2D eigenvalue weighted by Gasteiger charge is 2.00. The maximum atomic E-state index is 11.2.